The maximum atomic E-state index is 14.6. The molecule has 0 N–H and O–H groups in total. The monoisotopic (exact) mass is 362 g/mol. The minimum Gasteiger partial charge on any atom is -0.381 e. The van der Waals surface area contributed by atoms with Gasteiger partial charge in [-0.1, -0.05) is 6.08 Å². The number of hydrogen-bond donors (Lipinski definition) is 0. The zero-order chi connectivity index (χ0) is 17.8. The van der Waals surface area contributed by atoms with E-state index in [1.54, 1.807) is 6.08 Å². The van der Waals surface area contributed by atoms with Crippen molar-refractivity contribution in [2.24, 2.45) is 0 Å². The molecule has 0 atom stereocenters. The van der Waals surface area contributed by atoms with Crippen molar-refractivity contribution in [3.63, 3.8) is 0 Å². The lowest BCUT2D eigenvalue weighted by Crippen LogP contribution is -2.37. The molecule has 0 spiro atoms. The van der Waals surface area contributed by atoms with Crippen LogP contribution in [-0.2, 0) is 36.0 Å². The van der Waals surface area contributed by atoms with E-state index in [2.05, 4.69) is 10.8 Å². The molecule has 0 bridgehead atoms. The summed E-state index contributed by atoms with van der Waals surface area (Å²) in [7, 11) is -3.75. The minimum absolute atomic E-state index is 0.0910. The predicted octanol–water partition coefficient (Wildman–Crippen LogP) is 2.65. The molecule has 24 heavy (non-hydrogen) atoms. The molecule has 0 saturated carbocycles. The van der Waals surface area contributed by atoms with Crippen molar-refractivity contribution in [1.82, 2.24) is 0 Å². The first-order valence-corrected chi connectivity index (χ1v) is 9.24. The van der Waals surface area contributed by atoms with E-state index in [4.69, 9.17) is 9.47 Å². The number of rotatable bonds is 7. The maximum absolute atomic E-state index is 14.6. The molecule has 1 aliphatic heterocycles. The second kappa shape index (κ2) is 7.69. The molecule has 1 aromatic rings. The molecule has 134 valence electrons. The van der Waals surface area contributed by atoms with Crippen LogP contribution in [0.2, 0.25) is 0 Å². The SMILES string of the molecule is C=CCOC1(c2cc(F)c(COS(C)(=O)=O)cc2F)CCOCC1. The topological polar surface area (TPSA) is 61.8 Å². The molecular weight excluding hydrogens is 342 g/mol. The van der Waals surface area contributed by atoms with E-state index >= 15 is 0 Å². The molecular formula is C16H20F2O5S. The Labute approximate surface area is 140 Å². The van der Waals surface area contributed by atoms with Crippen molar-refractivity contribution >= 4 is 10.1 Å². The standard InChI is InChI=1S/C16H20F2O5S/c1-3-6-22-16(4-7-21-8-5-16)13-10-14(17)12(9-15(13)18)11-23-24(2,19)20/h3,9-10H,1,4-8,11H2,2H3. The first-order chi connectivity index (χ1) is 11.3. The highest BCUT2D eigenvalue weighted by atomic mass is 32.2. The predicted molar refractivity (Wildman–Crippen MR) is 83.9 cm³/mol. The van der Waals surface area contributed by atoms with Gasteiger partial charge in [0.2, 0.25) is 0 Å². The van der Waals surface area contributed by atoms with Crippen LogP contribution < -0.4 is 0 Å². The van der Waals surface area contributed by atoms with Crippen LogP contribution in [-0.4, -0.2) is 34.5 Å². The van der Waals surface area contributed by atoms with Crippen LogP contribution in [0, 0.1) is 11.6 Å². The third-order valence-corrected chi connectivity index (χ3v) is 4.38. The molecule has 0 aliphatic carbocycles. The van der Waals surface area contributed by atoms with Gasteiger partial charge in [0, 0.05) is 37.2 Å². The fourth-order valence-electron chi connectivity index (χ4n) is 2.63. The van der Waals surface area contributed by atoms with Gasteiger partial charge in [0.15, 0.2) is 0 Å². The fourth-order valence-corrected chi connectivity index (χ4v) is 2.97. The number of hydrogen-bond acceptors (Lipinski definition) is 5. The van der Waals surface area contributed by atoms with Gasteiger partial charge in [-0.2, -0.15) is 8.42 Å². The summed E-state index contributed by atoms with van der Waals surface area (Å²) in [5.74, 6) is -1.42. The largest absolute Gasteiger partial charge is 0.381 e. The third-order valence-electron chi connectivity index (χ3n) is 3.83. The molecule has 8 heteroatoms. The quantitative estimate of drug-likeness (QED) is 0.551. The van der Waals surface area contributed by atoms with E-state index in [1.165, 1.54) is 0 Å². The lowest BCUT2D eigenvalue weighted by Gasteiger charge is -2.37. The molecule has 1 fully saturated rings. The molecule has 1 heterocycles. The Balaban J connectivity index is 2.34. The summed E-state index contributed by atoms with van der Waals surface area (Å²) in [6.07, 6.45) is 3.16. The number of halogens is 2. The highest BCUT2D eigenvalue weighted by Crippen LogP contribution is 2.38. The summed E-state index contributed by atoms with van der Waals surface area (Å²) in [5.41, 5.74) is -1.08. The van der Waals surface area contributed by atoms with Crippen molar-refractivity contribution in [2.45, 2.75) is 25.0 Å². The Hall–Kier alpha value is -1.35. The van der Waals surface area contributed by atoms with Crippen LogP contribution in [0.5, 0.6) is 0 Å². The van der Waals surface area contributed by atoms with Crippen molar-refractivity contribution < 1.29 is 30.9 Å². The van der Waals surface area contributed by atoms with Crippen LogP contribution in [0.1, 0.15) is 24.0 Å². The lowest BCUT2D eigenvalue weighted by atomic mass is 9.85. The highest BCUT2D eigenvalue weighted by Gasteiger charge is 2.38. The average molecular weight is 362 g/mol. The van der Waals surface area contributed by atoms with E-state index < -0.39 is 34.0 Å². The van der Waals surface area contributed by atoms with Gasteiger partial charge in [0.1, 0.15) is 17.2 Å². The highest BCUT2D eigenvalue weighted by molar-refractivity contribution is 7.85. The summed E-state index contributed by atoms with van der Waals surface area (Å²) in [6, 6.07) is 2.00. The molecule has 5 nitrogen and oxygen atoms in total. The van der Waals surface area contributed by atoms with Crippen LogP contribution >= 0.6 is 0 Å². The molecule has 0 radical (unpaired) electrons. The van der Waals surface area contributed by atoms with E-state index in [0.29, 0.717) is 26.1 Å². The number of benzene rings is 1. The van der Waals surface area contributed by atoms with Crippen molar-refractivity contribution in [3.05, 3.63) is 47.5 Å². The summed E-state index contributed by atoms with van der Waals surface area (Å²) < 4.78 is 66.5. The summed E-state index contributed by atoms with van der Waals surface area (Å²) in [6.45, 7) is 3.95. The molecule has 0 aromatic heterocycles. The van der Waals surface area contributed by atoms with Crippen LogP contribution in [0.15, 0.2) is 24.8 Å². The van der Waals surface area contributed by atoms with Gasteiger partial charge in [0.05, 0.1) is 19.5 Å². The summed E-state index contributed by atoms with van der Waals surface area (Å²) >= 11 is 0. The Morgan fingerprint density at radius 3 is 2.54 bits per heavy atom. The van der Waals surface area contributed by atoms with Crippen LogP contribution in [0.4, 0.5) is 8.78 Å². The molecule has 2 rings (SSSR count). The number of ether oxygens (including phenoxy) is 2. The van der Waals surface area contributed by atoms with E-state index in [1.807, 2.05) is 0 Å². The van der Waals surface area contributed by atoms with Crippen molar-refractivity contribution in [3.8, 4) is 0 Å². The van der Waals surface area contributed by atoms with E-state index in [-0.39, 0.29) is 17.7 Å². The first-order valence-electron chi connectivity index (χ1n) is 7.43. The third kappa shape index (κ3) is 4.60. The maximum Gasteiger partial charge on any atom is 0.264 e. The normalized spacial score (nSPS) is 17.6. The van der Waals surface area contributed by atoms with Crippen LogP contribution in [0.25, 0.3) is 0 Å². The Morgan fingerprint density at radius 2 is 1.96 bits per heavy atom. The van der Waals surface area contributed by atoms with Crippen molar-refractivity contribution in [1.29, 1.82) is 0 Å². The van der Waals surface area contributed by atoms with Gasteiger partial charge in [-0.05, 0) is 12.1 Å². The van der Waals surface area contributed by atoms with Gasteiger partial charge in [-0.15, -0.1) is 6.58 Å². The van der Waals surface area contributed by atoms with Gasteiger partial charge >= 0.3 is 0 Å². The molecule has 1 aliphatic rings. The zero-order valence-electron chi connectivity index (χ0n) is 13.4. The lowest BCUT2D eigenvalue weighted by molar-refractivity contribution is -0.109. The second-order valence-electron chi connectivity index (χ2n) is 5.60. The summed E-state index contributed by atoms with van der Waals surface area (Å²) in [4.78, 5) is 0. The molecule has 0 amide bonds. The molecule has 1 aromatic carbocycles. The zero-order valence-corrected chi connectivity index (χ0v) is 14.2. The van der Waals surface area contributed by atoms with Crippen LogP contribution in [0.3, 0.4) is 0 Å². The smallest absolute Gasteiger partial charge is 0.264 e. The molecule has 1 saturated heterocycles. The second-order valence-corrected chi connectivity index (χ2v) is 7.24. The Kier molecular flexibility index (Phi) is 6.08. The van der Waals surface area contributed by atoms with Gasteiger partial charge in [0.25, 0.3) is 10.1 Å². The average Bonchev–Trinajstić information content (AvgIpc) is 2.53. The first kappa shape index (κ1) is 19.0. The van der Waals surface area contributed by atoms with Gasteiger partial charge in [-0.3, -0.25) is 4.18 Å². The van der Waals surface area contributed by atoms with Gasteiger partial charge in [-0.25, -0.2) is 8.78 Å². The fraction of sp³-hybridized carbons (Fsp3) is 0.500. The summed E-state index contributed by atoms with van der Waals surface area (Å²) in [5, 5.41) is 0. The molecule has 0 unspecified atom stereocenters. The minimum atomic E-state index is -3.75. The Bertz CT molecular complexity index is 697. The van der Waals surface area contributed by atoms with Gasteiger partial charge < -0.3 is 9.47 Å². The van der Waals surface area contributed by atoms with Crippen molar-refractivity contribution in [2.75, 3.05) is 26.1 Å². The van der Waals surface area contributed by atoms with E-state index in [0.717, 1.165) is 18.4 Å². The Morgan fingerprint density at radius 1 is 1.29 bits per heavy atom. The van der Waals surface area contributed by atoms with E-state index in [9.17, 15) is 17.2 Å².